The fourth-order valence-corrected chi connectivity index (χ4v) is 4.27. The number of carbonyl (C=O) groups is 2. The van der Waals surface area contributed by atoms with Crippen molar-refractivity contribution in [2.75, 3.05) is 33.8 Å². The van der Waals surface area contributed by atoms with E-state index in [4.69, 9.17) is 27.9 Å². The predicted molar refractivity (Wildman–Crippen MR) is 131 cm³/mol. The van der Waals surface area contributed by atoms with E-state index < -0.39 is 17.7 Å². The summed E-state index contributed by atoms with van der Waals surface area (Å²) >= 11 is 12.3. The van der Waals surface area contributed by atoms with Gasteiger partial charge in [-0.05, 0) is 82.4 Å². The zero-order chi connectivity index (χ0) is 24.3. The molecule has 3 rings (SSSR count). The highest BCUT2D eigenvalue weighted by Gasteiger charge is 2.46. The number of benzene rings is 2. The van der Waals surface area contributed by atoms with Gasteiger partial charge in [0.2, 0.25) is 0 Å². The maximum Gasteiger partial charge on any atom is 0.295 e. The maximum atomic E-state index is 13.1. The van der Waals surface area contributed by atoms with Gasteiger partial charge in [-0.3, -0.25) is 9.59 Å². The number of halogens is 2. The lowest BCUT2D eigenvalue weighted by Gasteiger charge is -2.26. The number of hydrogen-bond donors (Lipinski definition) is 1. The van der Waals surface area contributed by atoms with Gasteiger partial charge >= 0.3 is 0 Å². The summed E-state index contributed by atoms with van der Waals surface area (Å²) in [6.07, 6.45) is 0.667. The number of ether oxygens (including phenoxy) is 1. The van der Waals surface area contributed by atoms with E-state index in [9.17, 15) is 14.7 Å². The molecule has 0 saturated carbocycles. The van der Waals surface area contributed by atoms with E-state index in [1.807, 2.05) is 32.8 Å². The van der Waals surface area contributed by atoms with Crippen LogP contribution >= 0.6 is 23.2 Å². The van der Waals surface area contributed by atoms with Crippen molar-refractivity contribution in [3.8, 4) is 5.75 Å². The zero-order valence-corrected chi connectivity index (χ0v) is 20.7. The summed E-state index contributed by atoms with van der Waals surface area (Å²) in [7, 11) is 3.89. The topological polar surface area (TPSA) is 70.1 Å². The molecule has 1 unspecified atom stereocenters. The standard InChI is InChI=1S/C25H28Cl2N2O4/c1-5-33-20-10-8-17(13-15(20)2)23(30)21-22(16-7-9-18(26)19(27)14-16)29(25(32)24(21)31)12-6-11-28(3)4/h7-10,13-14,22,30H,5-6,11-12H2,1-4H3. The fourth-order valence-electron chi connectivity index (χ4n) is 3.97. The SMILES string of the molecule is CCOc1ccc(C(O)=C2C(=O)C(=O)N(CCCN(C)C)C2c2ccc(Cl)c(Cl)c2)cc1C. The molecular weight excluding hydrogens is 463 g/mol. The molecule has 1 aliphatic rings. The van der Waals surface area contributed by atoms with E-state index in [0.29, 0.717) is 46.5 Å². The van der Waals surface area contributed by atoms with Crippen molar-refractivity contribution in [1.29, 1.82) is 0 Å². The normalized spacial score (nSPS) is 17.8. The van der Waals surface area contributed by atoms with Crippen LogP contribution < -0.4 is 4.74 Å². The van der Waals surface area contributed by atoms with Crippen molar-refractivity contribution in [1.82, 2.24) is 9.80 Å². The molecule has 8 heteroatoms. The highest BCUT2D eigenvalue weighted by molar-refractivity contribution is 6.46. The van der Waals surface area contributed by atoms with Crippen LogP contribution in [0.3, 0.4) is 0 Å². The van der Waals surface area contributed by atoms with Crippen molar-refractivity contribution in [2.24, 2.45) is 0 Å². The quantitative estimate of drug-likeness (QED) is 0.317. The smallest absolute Gasteiger partial charge is 0.295 e. The molecule has 1 amide bonds. The summed E-state index contributed by atoms with van der Waals surface area (Å²) in [5.74, 6) is -0.904. The monoisotopic (exact) mass is 490 g/mol. The molecule has 1 aliphatic heterocycles. The number of aliphatic hydroxyl groups excluding tert-OH is 1. The number of hydrogen-bond acceptors (Lipinski definition) is 5. The van der Waals surface area contributed by atoms with Crippen LogP contribution in [-0.4, -0.2) is 60.4 Å². The van der Waals surface area contributed by atoms with Gasteiger partial charge in [0.25, 0.3) is 11.7 Å². The van der Waals surface area contributed by atoms with Gasteiger partial charge in [0.15, 0.2) is 0 Å². The van der Waals surface area contributed by atoms with Gasteiger partial charge in [-0.15, -0.1) is 0 Å². The Labute approximate surface area is 204 Å². The van der Waals surface area contributed by atoms with E-state index in [0.717, 1.165) is 12.1 Å². The third-order valence-electron chi connectivity index (χ3n) is 5.55. The second kappa shape index (κ2) is 10.6. The zero-order valence-electron chi connectivity index (χ0n) is 19.2. The summed E-state index contributed by atoms with van der Waals surface area (Å²) in [4.78, 5) is 29.6. The largest absolute Gasteiger partial charge is 0.507 e. The predicted octanol–water partition coefficient (Wildman–Crippen LogP) is 5.07. The molecule has 33 heavy (non-hydrogen) atoms. The van der Waals surface area contributed by atoms with Crippen LogP contribution in [0, 0.1) is 6.92 Å². The Morgan fingerprint density at radius 3 is 2.45 bits per heavy atom. The van der Waals surface area contributed by atoms with Gasteiger partial charge in [-0.1, -0.05) is 29.3 Å². The second-order valence-corrected chi connectivity index (χ2v) is 9.05. The van der Waals surface area contributed by atoms with Gasteiger partial charge in [0, 0.05) is 12.1 Å². The van der Waals surface area contributed by atoms with E-state index in [1.165, 1.54) is 4.90 Å². The van der Waals surface area contributed by atoms with E-state index in [-0.39, 0.29) is 11.3 Å². The first-order chi connectivity index (χ1) is 15.6. The summed E-state index contributed by atoms with van der Waals surface area (Å²) in [6, 6.07) is 9.38. The number of aryl methyl sites for hydroxylation is 1. The number of nitrogens with zero attached hydrogens (tertiary/aromatic N) is 2. The van der Waals surface area contributed by atoms with E-state index in [1.54, 1.807) is 36.4 Å². The van der Waals surface area contributed by atoms with Crippen LogP contribution in [0.4, 0.5) is 0 Å². The molecule has 1 N–H and O–H groups in total. The molecule has 2 aromatic carbocycles. The molecule has 0 bridgehead atoms. The summed E-state index contributed by atoms with van der Waals surface area (Å²) in [5, 5.41) is 11.9. The van der Waals surface area contributed by atoms with Crippen molar-refractivity contribution >= 4 is 40.7 Å². The molecule has 1 heterocycles. The summed E-state index contributed by atoms with van der Waals surface area (Å²) in [6.45, 7) is 5.36. The van der Waals surface area contributed by atoms with Crippen LogP contribution in [0.5, 0.6) is 5.75 Å². The number of Topliss-reactive ketones (excluding diaryl/α,β-unsaturated/α-hetero) is 1. The first kappa shape index (κ1) is 25.1. The van der Waals surface area contributed by atoms with Gasteiger partial charge in [-0.2, -0.15) is 0 Å². The van der Waals surface area contributed by atoms with Crippen molar-refractivity contribution in [3.05, 3.63) is 68.7 Å². The minimum atomic E-state index is -0.770. The first-order valence-corrected chi connectivity index (χ1v) is 11.5. The minimum Gasteiger partial charge on any atom is -0.507 e. The van der Waals surface area contributed by atoms with E-state index in [2.05, 4.69) is 0 Å². The Morgan fingerprint density at radius 1 is 1.12 bits per heavy atom. The molecule has 2 aromatic rings. The maximum absolute atomic E-state index is 13.1. The summed E-state index contributed by atoms with van der Waals surface area (Å²) in [5.41, 5.74) is 1.89. The molecule has 1 fully saturated rings. The van der Waals surface area contributed by atoms with Gasteiger partial charge in [0.1, 0.15) is 11.5 Å². The lowest BCUT2D eigenvalue weighted by Crippen LogP contribution is -2.32. The third-order valence-corrected chi connectivity index (χ3v) is 6.29. The van der Waals surface area contributed by atoms with Crippen LogP contribution in [0.25, 0.3) is 5.76 Å². The van der Waals surface area contributed by atoms with Gasteiger partial charge < -0.3 is 19.6 Å². The van der Waals surface area contributed by atoms with Crippen LogP contribution in [0.2, 0.25) is 10.0 Å². The van der Waals surface area contributed by atoms with Crippen LogP contribution in [0.1, 0.15) is 36.1 Å². The Kier molecular flexibility index (Phi) is 8.05. The molecular formula is C25H28Cl2N2O4. The third kappa shape index (κ3) is 5.35. The first-order valence-electron chi connectivity index (χ1n) is 10.8. The average Bonchev–Trinajstić information content (AvgIpc) is 3.01. The van der Waals surface area contributed by atoms with Crippen molar-refractivity contribution in [3.63, 3.8) is 0 Å². The Morgan fingerprint density at radius 2 is 1.85 bits per heavy atom. The molecule has 1 atom stereocenters. The molecule has 0 aliphatic carbocycles. The molecule has 0 aromatic heterocycles. The lowest BCUT2D eigenvalue weighted by molar-refractivity contribution is -0.139. The Balaban J connectivity index is 2.11. The highest BCUT2D eigenvalue weighted by Crippen LogP contribution is 2.41. The average molecular weight is 491 g/mol. The molecule has 6 nitrogen and oxygen atoms in total. The lowest BCUT2D eigenvalue weighted by atomic mass is 9.94. The number of ketones is 1. The molecule has 176 valence electrons. The Hall–Kier alpha value is -2.54. The second-order valence-electron chi connectivity index (χ2n) is 8.24. The molecule has 1 saturated heterocycles. The molecule has 0 spiro atoms. The van der Waals surface area contributed by atoms with Crippen LogP contribution in [0.15, 0.2) is 42.0 Å². The highest BCUT2D eigenvalue weighted by atomic mass is 35.5. The number of amides is 1. The number of likely N-dealkylation sites (tertiary alicyclic amines) is 1. The van der Waals surface area contributed by atoms with Crippen LogP contribution in [-0.2, 0) is 9.59 Å². The number of carbonyl (C=O) groups excluding carboxylic acids is 2. The molecule has 0 radical (unpaired) electrons. The van der Waals surface area contributed by atoms with Gasteiger partial charge in [0.05, 0.1) is 28.3 Å². The van der Waals surface area contributed by atoms with Crippen molar-refractivity contribution < 1.29 is 19.4 Å². The number of aliphatic hydroxyl groups is 1. The Bertz CT molecular complexity index is 1100. The number of rotatable bonds is 8. The van der Waals surface area contributed by atoms with Crippen molar-refractivity contribution in [2.45, 2.75) is 26.3 Å². The summed E-state index contributed by atoms with van der Waals surface area (Å²) < 4.78 is 5.57. The van der Waals surface area contributed by atoms with E-state index >= 15 is 0 Å². The fraction of sp³-hybridized carbons (Fsp3) is 0.360. The van der Waals surface area contributed by atoms with Gasteiger partial charge in [-0.25, -0.2) is 0 Å². The minimum absolute atomic E-state index is 0.0341.